The summed E-state index contributed by atoms with van der Waals surface area (Å²) in [5, 5.41) is 3.24. The van der Waals surface area contributed by atoms with Gasteiger partial charge in [0.05, 0.1) is 0 Å². The van der Waals surface area contributed by atoms with Crippen LogP contribution in [-0.2, 0) is 19.4 Å². The van der Waals surface area contributed by atoms with Gasteiger partial charge >= 0.3 is 0 Å². The Morgan fingerprint density at radius 1 is 1.47 bits per heavy atom. The van der Waals surface area contributed by atoms with E-state index in [-0.39, 0.29) is 5.56 Å². The van der Waals surface area contributed by atoms with Crippen molar-refractivity contribution in [1.29, 1.82) is 0 Å². The van der Waals surface area contributed by atoms with Crippen molar-refractivity contribution in [3.8, 4) is 0 Å². The maximum absolute atomic E-state index is 11.9. The molecule has 1 heterocycles. The van der Waals surface area contributed by atoms with Crippen molar-refractivity contribution in [2.75, 3.05) is 13.1 Å². The number of aryl methyl sites for hydroxylation is 1. The first-order valence-electron chi connectivity index (χ1n) is 6.31. The van der Waals surface area contributed by atoms with Gasteiger partial charge in [-0.2, -0.15) is 0 Å². The van der Waals surface area contributed by atoms with Gasteiger partial charge < -0.3 is 9.88 Å². The molecular formula is C14H20N2O. The van der Waals surface area contributed by atoms with Crippen LogP contribution in [0.2, 0.25) is 0 Å². The number of hydrogen-bond acceptors (Lipinski definition) is 2. The van der Waals surface area contributed by atoms with Gasteiger partial charge in [0.15, 0.2) is 0 Å². The van der Waals surface area contributed by atoms with Crippen molar-refractivity contribution >= 4 is 0 Å². The Morgan fingerprint density at radius 3 is 3.06 bits per heavy atom. The molecule has 0 fully saturated rings. The SMILES string of the molecule is C=C(CNCC)Cn1c2c(ccc1=O)CCC2. The first kappa shape index (κ1) is 12.1. The molecule has 0 aromatic carbocycles. The third-order valence-corrected chi connectivity index (χ3v) is 3.26. The van der Waals surface area contributed by atoms with Crippen LogP contribution in [-0.4, -0.2) is 17.7 Å². The van der Waals surface area contributed by atoms with E-state index in [1.54, 1.807) is 6.07 Å². The van der Waals surface area contributed by atoms with E-state index < -0.39 is 0 Å². The average Bonchev–Trinajstić information content (AvgIpc) is 2.78. The molecule has 0 spiro atoms. The highest BCUT2D eigenvalue weighted by Crippen LogP contribution is 2.20. The molecule has 0 radical (unpaired) electrons. The molecule has 0 aliphatic heterocycles. The van der Waals surface area contributed by atoms with Crippen molar-refractivity contribution in [1.82, 2.24) is 9.88 Å². The standard InChI is InChI=1S/C14H20N2O/c1-3-15-9-11(2)10-16-13-6-4-5-12(13)7-8-14(16)17/h7-8,15H,2-6,9-10H2,1H3. The normalized spacial score (nSPS) is 13.7. The summed E-state index contributed by atoms with van der Waals surface area (Å²) < 4.78 is 1.89. The summed E-state index contributed by atoms with van der Waals surface area (Å²) in [6.07, 6.45) is 3.30. The Labute approximate surface area is 102 Å². The summed E-state index contributed by atoms with van der Waals surface area (Å²) in [6, 6.07) is 3.67. The summed E-state index contributed by atoms with van der Waals surface area (Å²) in [7, 11) is 0. The Bertz CT molecular complexity index is 474. The smallest absolute Gasteiger partial charge is 0.251 e. The molecule has 1 N–H and O–H groups in total. The lowest BCUT2D eigenvalue weighted by Crippen LogP contribution is -2.26. The first-order valence-corrected chi connectivity index (χ1v) is 6.31. The van der Waals surface area contributed by atoms with Gasteiger partial charge in [-0.05, 0) is 36.9 Å². The lowest BCUT2D eigenvalue weighted by atomic mass is 10.2. The molecule has 1 aromatic rings. The fraction of sp³-hybridized carbons (Fsp3) is 0.500. The summed E-state index contributed by atoms with van der Waals surface area (Å²) in [5.41, 5.74) is 3.72. The topological polar surface area (TPSA) is 34.0 Å². The monoisotopic (exact) mass is 232 g/mol. The van der Waals surface area contributed by atoms with Crippen LogP contribution in [0.3, 0.4) is 0 Å². The molecule has 0 bridgehead atoms. The fourth-order valence-electron chi connectivity index (χ4n) is 2.39. The van der Waals surface area contributed by atoms with E-state index in [1.165, 1.54) is 17.7 Å². The second-order valence-corrected chi connectivity index (χ2v) is 4.61. The van der Waals surface area contributed by atoms with Crippen LogP contribution in [0, 0.1) is 0 Å². The van der Waals surface area contributed by atoms with Crippen LogP contribution in [0.5, 0.6) is 0 Å². The Balaban J connectivity index is 2.18. The molecule has 17 heavy (non-hydrogen) atoms. The minimum absolute atomic E-state index is 0.100. The Hall–Kier alpha value is -1.35. The number of rotatable bonds is 5. The number of hydrogen-bond donors (Lipinski definition) is 1. The number of likely N-dealkylation sites (N-methyl/N-ethyl adjacent to an activating group) is 1. The summed E-state index contributed by atoms with van der Waals surface area (Å²) in [6.45, 7) is 8.46. The number of nitrogens with zero attached hydrogens (tertiary/aromatic N) is 1. The number of nitrogens with one attached hydrogen (secondary N) is 1. The van der Waals surface area contributed by atoms with Gasteiger partial charge in [-0.1, -0.05) is 19.6 Å². The highest BCUT2D eigenvalue weighted by atomic mass is 16.1. The highest BCUT2D eigenvalue weighted by Gasteiger charge is 2.15. The van der Waals surface area contributed by atoms with Crippen molar-refractivity contribution < 1.29 is 0 Å². The zero-order chi connectivity index (χ0) is 12.3. The molecule has 1 aliphatic carbocycles. The number of fused-ring (bicyclic) bond motifs is 1. The van der Waals surface area contributed by atoms with E-state index in [1.807, 2.05) is 10.6 Å². The molecule has 0 saturated heterocycles. The molecule has 3 heteroatoms. The average molecular weight is 232 g/mol. The zero-order valence-electron chi connectivity index (χ0n) is 10.5. The minimum atomic E-state index is 0.100. The van der Waals surface area contributed by atoms with E-state index in [2.05, 4.69) is 18.8 Å². The van der Waals surface area contributed by atoms with Gasteiger partial charge in [-0.25, -0.2) is 0 Å². The van der Waals surface area contributed by atoms with Gasteiger partial charge in [0.1, 0.15) is 0 Å². The molecule has 1 aliphatic rings. The van der Waals surface area contributed by atoms with Crippen LogP contribution in [0.1, 0.15) is 24.6 Å². The molecule has 0 unspecified atom stereocenters. The van der Waals surface area contributed by atoms with E-state index in [0.717, 1.165) is 31.5 Å². The van der Waals surface area contributed by atoms with Gasteiger partial charge in [-0.15, -0.1) is 0 Å². The van der Waals surface area contributed by atoms with Crippen LogP contribution in [0.4, 0.5) is 0 Å². The van der Waals surface area contributed by atoms with Gasteiger partial charge in [0.2, 0.25) is 0 Å². The molecule has 1 aromatic heterocycles. The molecular weight excluding hydrogens is 212 g/mol. The molecule has 0 saturated carbocycles. The Kier molecular flexibility index (Phi) is 3.79. The molecule has 2 rings (SSSR count). The maximum atomic E-state index is 11.9. The third kappa shape index (κ3) is 2.67. The second kappa shape index (κ2) is 5.32. The minimum Gasteiger partial charge on any atom is -0.313 e. The molecule has 3 nitrogen and oxygen atoms in total. The predicted octanol–water partition coefficient (Wildman–Crippen LogP) is 1.50. The second-order valence-electron chi connectivity index (χ2n) is 4.61. The highest BCUT2D eigenvalue weighted by molar-refractivity contribution is 5.26. The molecule has 0 atom stereocenters. The van der Waals surface area contributed by atoms with E-state index in [4.69, 9.17) is 0 Å². The van der Waals surface area contributed by atoms with Crippen LogP contribution in [0.25, 0.3) is 0 Å². The van der Waals surface area contributed by atoms with E-state index >= 15 is 0 Å². The Morgan fingerprint density at radius 2 is 2.29 bits per heavy atom. The first-order chi connectivity index (χ1) is 8.22. The summed E-state index contributed by atoms with van der Waals surface area (Å²) in [4.78, 5) is 11.9. The summed E-state index contributed by atoms with van der Waals surface area (Å²) >= 11 is 0. The zero-order valence-corrected chi connectivity index (χ0v) is 10.5. The lowest BCUT2D eigenvalue weighted by Gasteiger charge is -2.13. The van der Waals surface area contributed by atoms with Gasteiger partial charge in [0, 0.05) is 24.8 Å². The molecule has 0 amide bonds. The number of pyridine rings is 1. The predicted molar refractivity (Wildman–Crippen MR) is 70.4 cm³/mol. The van der Waals surface area contributed by atoms with Crippen LogP contribution in [0.15, 0.2) is 29.1 Å². The fourth-order valence-corrected chi connectivity index (χ4v) is 2.39. The van der Waals surface area contributed by atoms with Gasteiger partial charge in [0.25, 0.3) is 5.56 Å². The van der Waals surface area contributed by atoms with Crippen molar-refractivity contribution in [2.24, 2.45) is 0 Å². The molecule has 92 valence electrons. The summed E-state index contributed by atoms with van der Waals surface area (Å²) in [5.74, 6) is 0. The van der Waals surface area contributed by atoms with Crippen molar-refractivity contribution in [3.63, 3.8) is 0 Å². The van der Waals surface area contributed by atoms with Crippen LogP contribution >= 0.6 is 0 Å². The van der Waals surface area contributed by atoms with Crippen molar-refractivity contribution in [3.05, 3.63) is 45.9 Å². The van der Waals surface area contributed by atoms with E-state index in [9.17, 15) is 4.79 Å². The largest absolute Gasteiger partial charge is 0.313 e. The third-order valence-electron chi connectivity index (χ3n) is 3.26. The van der Waals surface area contributed by atoms with Crippen molar-refractivity contribution in [2.45, 2.75) is 32.7 Å². The number of aromatic nitrogens is 1. The van der Waals surface area contributed by atoms with Crippen LogP contribution < -0.4 is 10.9 Å². The quantitative estimate of drug-likeness (QED) is 0.781. The van der Waals surface area contributed by atoms with Gasteiger partial charge in [-0.3, -0.25) is 4.79 Å². The maximum Gasteiger partial charge on any atom is 0.251 e. The van der Waals surface area contributed by atoms with E-state index in [0.29, 0.717) is 6.54 Å². The lowest BCUT2D eigenvalue weighted by molar-refractivity contribution is 0.661.